The van der Waals surface area contributed by atoms with Gasteiger partial charge in [0.15, 0.2) is 13.2 Å². The van der Waals surface area contributed by atoms with Crippen molar-refractivity contribution in [1.82, 2.24) is 4.90 Å². The molecular weight excluding hydrogens is 331 g/mol. The van der Waals surface area contributed by atoms with E-state index in [0.29, 0.717) is 0 Å². The quantitative estimate of drug-likeness (QED) is 0.525. The molecule has 0 heterocycles. The van der Waals surface area contributed by atoms with Gasteiger partial charge in [-0.1, -0.05) is 0 Å². The fourth-order valence-corrected chi connectivity index (χ4v) is 2.83. The number of alkyl halides is 6. The zero-order chi connectivity index (χ0) is 16.9. The summed E-state index contributed by atoms with van der Waals surface area (Å²) in [7, 11) is -4.77. The van der Waals surface area contributed by atoms with Gasteiger partial charge in [-0.25, -0.2) is 0 Å². The summed E-state index contributed by atoms with van der Waals surface area (Å²) >= 11 is 0. The average Bonchev–Trinajstić information content (AvgIpc) is 2.29. The van der Waals surface area contributed by atoms with Crippen molar-refractivity contribution in [2.75, 3.05) is 26.0 Å². The van der Waals surface area contributed by atoms with Crippen molar-refractivity contribution in [2.24, 2.45) is 0 Å². The molecule has 0 aromatic heterocycles. The van der Waals surface area contributed by atoms with Crippen LogP contribution in [0.1, 0.15) is 13.8 Å². The molecular formula is C9H14F6NO4P. The van der Waals surface area contributed by atoms with Crippen LogP contribution >= 0.6 is 7.60 Å². The Morgan fingerprint density at radius 2 is 1.43 bits per heavy atom. The molecule has 0 rings (SSSR count). The Labute approximate surface area is 116 Å². The lowest BCUT2D eigenvalue weighted by molar-refractivity contribution is -0.165. The van der Waals surface area contributed by atoms with Crippen LogP contribution in [0, 0.1) is 0 Å². The van der Waals surface area contributed by atoms with Crippen LogP contribution in [-0.4, -0.2) is 49.2 Å². The standard InChI is InChI=1S/C9H14F6NO4P/c1-3-16(7(2)17)6-21(18,19-4-8(10,11)12)20-5-9(13,14)15/h3-6H2,1-2H3. The van der Waals surface area contributed by atoms with Crippen molar-refractivity contribution in [3.63, 3.8) is 0 Å². The van der Waals surface area contributed by atoms with Crippen LogP contribution in [0.2, 0.25) is 0 Å². The number of carbonyl (C=O) groups is 1. The molecule has 1 amide bonds. The average molecular weight is 345 g/mol. The molecule has 0 saturated heterocycles. The Balaban J connectivity index is 4.97. The largest absolute Gasteiger partial charge is 0.412 e. The fourth-order valence-electron chi connectivity index (χ4n) is 1.09. The van der Waals surface area contributed by atoms with Gasteiger partial charge in [-0.05, 0) is 6.92 Å². The van der Waals surface area contributed by atoms with Crippen molar-refractivity contribution < 1.29 is 44.7 Å². The Morgan fingerprint density at radius 3 is 1.67 bits per heavy atom. The van der Waals surface area contributed by atoms with E-state index in [9.17, 15) is 35.7 Å². The second-order valence-corrected chi connectivity index (χ2v) is 5.93. The molecule has 0 aliphatic carbocycles. The molecule has 12 heteroatoms. The lowest BCUT2D eigenvalue weighted by Gasteiger charge is -2.26. The summed E-state index contributed by atoms with van der Waals surface area (Å²) in [5, 5.41) is 0. The van der Waals surface area contributed by atoms with Crippen LogP contribution in [-0.2, 0) is 18.4 Å². The molecule has 0 N–H and O–H groups in total. The first-order chi connectivity index (χ1) is 9.28. The molecule has 0 unspecified atom stereocenters. The number of rotatable bonds is 7. The summed E-state index contributed by atoms with van der Waals surface area (Å²) in [6.45, 7) is -1.75. The van der Waals surface area contributed by atoms with E-state index in [1.807, 2.05) is 0 Å². The first kappa shape index (κ1) is 20.2. The molecule has 0 aromatic carbocycles. The van der Waals surface area contributed by atoms with Crippen LogP contribution in [0.25, 0.3) is 0 Å². The second kappa shape index (κ2) is 7.46. The SMILES string of the molecule is CCN(CP(=O)(OCC(F)(F)F)OCC(F)(F)F)C(C)=O. The maximum atomic E-state index is 12.0. The van der Waals surface area contributed by atoms with Crippen LogP contribution in [0.15, 0.2) is 0 Å². The van der Waals surface area contributed by atoms with Gasteiger partial charge >= 0.3 is 19.9 Å². The van der Waals surface area contributed by atoms with Crippen LogP contribution in [0.4, 0.5) is 26.3 Å². The van der Waals surface area contributed by atoms with Crippen LogP contribution in [0.3, 0.4) is 0 Å². The third kappa shape index (κ3) is 9.70. The van der Waals surface area contributed by atoms with Crippen LogP contribution < -0.4 is 0 Å². The van der Waals surface area contributed by atoms with Gasteiger partial charge in [0.1, 0.15) is 6.29 Å². The lowest BCUT2D eigenvalue weighted by atomic mass is 10.6. The summed E-state index contributed by atoms with van der Waals surface area (Å²) in [5.74, 6) is -0.691. The van der Waals surface area contributed by atoms with Gasteiger partial charge in [-0.15, -0.1) is 0 Å². The molecule has 0 aliphatic heterocycles. The van der Waals surface area contributed by atoms with Gasteiger partial charge in [0, 0.05) is 13.5 Å². The number of hydrogen-bond acceptors (Lipinski definition) is 4. The zero-order valence-corrected chi connectivity index (χ0v) is 12.0. The molecule has 0 saturated carbocycles. The second-order valence-electron chi connectivity index (χ2n) is 3.90. The van der Waals surface area contributed by atoms with Crippen molar-refractivity contribution >= 4 is 13.5 Å². The van der Waals surface area contributed by atoms with Crippen molar-refractivity contribution in [1.29, 1.82) is 0 Å². The molecule has 0 fully saturated rings. The number of halogens is 6. The summed E-state index contributed by atoms with van der Waals surface area (Å²) < 4.78 is 92.1. The predicted molar refractivity (Wildman–Crippen MR) is 59.5 cm³/mol. The minimum Gasteiger partial charge on any atom is -0.331 e. The van der Waals surface area contributed by atoms with Crippen molar-refractivity contribution in [3.8, 4) is 0 Å². The smallest absolute Gasteiger partial charge is 0.331 e. The first-order valence-corrected chi connectivity index (χ1v) is 7.28. The molecule has 0 bridgehead atoms. The van der Waals surface area contributed by atoms with E-state index in [2.05, 4.69) is 9.05 Å². The molecule has 0 atom stereocenters. The molecule has 21 heavy (non-hydrogen) atoms. The summed E-state index contributed by atoms with van der Waals surface area (Å²) in [6, 6.07) is 0. The maximum Gasteiger partial charge on any atom is 0.412 e. The van der Waals surface area contributed by atoms with Gasteiger partial charge in [-0.2, -0.15) is 26.3 Å². The summed E-state index contributed by atoms with van der Waals surface area (Å²) in [5.41, 5.74) is 0. The Bertz CT molecular complexity index is 375. The van der Waals surface area contributed by atoms with E-state index >= 15 is 0 Å². The molecule has 0 aliphatic rings. The molecule has 5 nitrogen and oxygen atoms in total. The molecule has 0 radical (unpaired) electrons. The fraction of sp³-hybridized carbons (Fsp3) is 0.889. The monoisotopic (exact) mass is 345 g/mol. The predicted octanol–water partition coefficient (Wildman–Crippen LogP) is 3.16. The minimum atomic E-state index is -4.90. The van der Waals surface area contributed by atoms with Gasteiger partial charge < -0.3 is 4.90 Å². The topological polar surface area (TPSA) is 55.8 Å². The van der Waals surface area contributed by atoms with Crippen molar-refractivity contribution in [2.45, 2.75) is 26.2 Å². The molecule has 0 aromatic rings. The Hall–Kier alpha value is -0.800. The third-order valence-electron chi connectivity index (χ3n) is 2.02. The van der Waals surface area contributed by atoms with Gasteiger partial charge in [0.2, 0.25) is 5.91 Å². The van der Waals surface area contributed by atoms with E-state index in [1.165, 1.54) is 6.92 Å². The minimum absolute atomic E-state index is 0.0793. The number of amides is 1. The highest BCUT2D eigenvalue weighted by Crippen LogP contribution is 2.50. The molecule has 126 valence electrons. The summed E-state index contributed by atoms with van der Waals surface area (Å²) in [4.78, 5) is 11.9. The van der Waals surface area contributed by atoms with Crippen molar-refractivity contribution in [3.05, 3.63) is 0 Å². The van der Waals surface area contributed by atoms with Crippen LogP contribution in [0.5, 0.6) is 0 Å². The highest BCUT2D eigenvalue weighted by atomic mass is 31.2. The van der Waals surface area contributed by atoms with E-state index in [4.69, 9.17) is 0 Å². The van der Waals surface area contributed by atoms with E-state index in [-0.39, 0.29) is 6.54 Å². The highest BCUT2D eigenvalue weighted by molar-refractivity contribution is 7.53. The van der Waals surface area contributed by atoms with E-state index < -0.39 is 45.4 Å². The first-order valence-electron chi connectivity index (χ1n) is 5.55. The zero-order valence-electron chi connectivity index (χ0n) is 11.1. The number of hydrogen-bond donors (Lipinski definition) is 0. The van der Waals surface area contributed by atoms with E-state index in [0.717, 1.165) is 11.8 Å². The van der Waals surface area contributed by atoms with Gasteiger partial charge in [0.25, 0.3) is 0 Å². The normalized spacial score (nSPS) is 13.3. The highest BCUT2D eigenvalue weighted by Gasteiger charge is 2.39. The Kier molecular flexibility index (Phi) is 7.17. The Morgan fingerprint density at radius 1 is 1.05 bits per heavy atom. The molecule has 0 spiro atoms. The van der Waals surface area contributed by atoms with E-state index in [1.54, 1.807) is 0 Å². The number of carbonyl (C=O) groups excluding carboxylic acids is 1. The van der Waals surface area contributed by atoms with Gasteiger partial charge in [0.05, 0.1) is 0 Å². The lowest BCUT2D eigenvalue weighted by Crippen LogP contribution is -2.31. The third-order valence-corrected chi connectivity index (χ3v) is 3.75. The van der Waals surface area contributed by atoms with Gasteiger partial charge in [-0.3, -0.25) is 18.4 Å². The summed E-state index contributed by atoms with van der Waals surface area (Å²) in [6.07, 6.45) is -10.8. The number of nitrogens with zero attached hydrogens (tertiary/aromatic N) is 1. The maximum absolute atomic E-state index is 12.0.